The fourth-order valence-electron chi connectivity index (χ4n) is 3.48. The molecule has 0 fully saturated rings. The topological polar surface area (TPSA) is 160 Å². The summed E-state index contributed by atoms with van der Waals surface area (Å²) >= 11 is 4.75. The number of aromatic nitrogens is 5. The third-order valence-corrected chi connectivity index (χ3v) is 6.72. The van der Waals surface area contributed by atoms with Crippen molar-refractivity contribution in [2.45, 2.75) is 36.5 Å². The zero-order chi connectivity index (χ0) is 26.8. The molecule has 0 aliphatic heterocycles. The van der Waals surface area contributed by atoms with E-state index in [0.717, 1.165) is 26.0 Å². The third kappa shape index (κ3) is 5.31. The van der Waals surface area contributed by atoms with Crippen LogP contribution in [0.3, 0.4) is 0 Å². The molecule has 0 saturated carbocycles. The Kier molecular flexibility index (Phi) is 7.80. The molecular weight excluding hydrogens is 575 g/mol. The number of hydrogen-bond acceptors (Lipinski definition) is 11. The summed E-state index contributed by atoms with van der Waals surface area (Å²) < 4.78 is 35.3. The average molecular weight is 599 g/mol. The maximum atomic E-state index is 14.4. The highest BCUT2D eigenvalue weighted by atomic mass is 79.9. The molecule has 0 amide bonds. The Morgan fingerprint density at radius 1 is 1.19 bits per heavy atom. The highest BCUT2D eigenvalue weighted by molar-refractivity contribution is 9.10. The minimum absolute atomic E-state index is 0.0235. The Bertz CT molecular complexity index is 1360. The first-order valence-corrected chi connectivity index (χ1v) is 12.5. The summed E-state index contributed by atoms with van der Waals surface area (Å²) in [5, 5.41) is 35.2. The summed E-state index contributed by atoms with van der Waals surface area (Å²) in [6.45, 7) is 1.55. The molecule has 0 aliphatic carbocycles. The van der Waals surface area contributed by atoms with Gasteiger partial charge in [-0.2, -0.15) is 15.1 Å². The van der Waals surface area contributed by atoms with Gasteiger partial charge in [0.15, 0.2) is 0 Å². The van der Waals surface area contributed by atoms with E-state index < -0.39 is 24.0 Å². The van der Waals surface area contributed by atoms with E-state index in [4.69, 9.17) is 14.2 Å². The van der Waals surface area contributed by atoms with Crippen LogP contribution in [0.2, 0.25) is 0 Å². The van der Waals surface area contributed by atoms with E-state index in [9.17, 15) is 19.7 Å². The molecule has 1 atom stereocenters. The summed E-state index contributed by atoms with van der Waals surface area (Å²) in [5.74, 6) is -8.18. The zero-order valence-electron chi connectivity index (χ0n) is 19.9. The van der Waals surface area contributed by atoms with Crippen molar-refractivity contribution in [1.82, 2.24) is 24.7 Å². The highest BCUT2D eigenvalue weighted by Gasteiger charge is 2.53. The first-order chi connectivity index (χ1) is 17.6. The lowest BCUT2D eigenvalue weighted by atomic mass is 10.1. The number of halogens is 2. The van der Waals surface area contributed by atoms with Gasteiger partial charge in [0, 0.05) is 34.9 Å². The molecule has 1 unspecified atom stereocenters. The third-order valence-electron chi connectivity index (χ3n) is 5.24. The van der Waals surface area contributed by atoms with Gasteiger partial charge in [0.05, 0.1) is 24.6 Å². The van der Waals surface area contributed by atoms with Gasteiger partial charge in [0.25, 0.3) is 11.8 Å². The van der Waals surface area contributed by atoms with Crippen LogP contribution in [0.5, 0.6) is 17.5 Å². The van der Waals surface area contributed by atoms with Crippen molar-refractivity contribution < 1.29 is 33.9 Å². The lowest BCUT2D eigenvalue weighted by Gasteiger charge is -2.32. The van der Waals surface area contributed by atoms with Gasteiger partial charge in [0.1, 0.15) is 5.69 Å². The number of benzene rings is 1. The summed E-state index contributed by atoms with van der Waals surface area (Å²) in [6, 6.07) is 5.67. The van der Waals surface area contributed by atoms with Crippen molar-refractivity contribution in [3.63, 3.8) is 0 Å². The summed E-state index contributed by atoms with van der Waals surface area (Å²) in [7, 11) is 2.48. The van der Waals surface area contributed by atoms with E-state index in [-0.39, 0.29) is 24.1 Å². The molecule has 5 N–H and O–H groups in total. The number of nitrogens with one attached hydrogen (secondary N) is 2. The molecule has 0 aliphatic rings. The Balaban J connectivity index is 1.61. The summed E-state index contributed by atoms with van der Waals surface area (Å²) in [5.41, 5.74) is 1.68. The quantitative estimate of drug-likeness (QED) is 0.127. The van der Waals surface area contributed by atoms with E-state index in [1.165, 1.54) is 26.2 Å². The predicted octanol–water partition coefficient (Wildman–Crippen LogP) is 3.52. The lowest BCUT2D eigenvalue weighted by Crippen LogP contribution is -2.55. The Hall–Kier alpha value is -3.11. The fourth-order valence-corrected chi connectivity index (χ4v) is 4.68. The van der Waals surface area contributed by atoms with Gasteiger partial charge in [-0.3, -0.25) is 4.72 Å². The maximum absolute atomic E-state index is 14.4. The Morgan fingerprint density at radius 3 is 2.49 bits per heavy atom. The number of nitrogens with zero attached hydrogens (tertiary/aromatic N) is 4. The molecule has 3 heterocycles. The number of methoxy groups -OCH3 is 2. The first-order valence-electron chi connectivity index (χ1n) is 10.9. The molecule has 12 nitrogen and oxygen atoms in total. The van der Waals surface area contributed by atoms with Gasteiger partial charge < -0.3 is 34.5 Å². The van der Waals surface area contributed by atoms with Gasteiger partial charge >= 0.3 is 11.8 Å². The van der Waals surface area contributed by atoms with E-state index >= 15 is 0 Å². The second kappa shape index (κ2) is 10.7. The first kappa shape index (κ1) is 26.9. The van der Waals surface area contributed by atoms with E-state index in [1.54, 1.807) is 24.0 Å². The Labute approximate surface area is 223 Å². The molecule has 0 spiro atoms. The van der Waals surface area contributed by atoms with Crippen LogP contribution in [0.4, 0.5) is 10.3 Å². The number of anilines is 1. The zero-order valence-corrected chi connectivity index (χ0v) is 22.3. The molecule has 37 heavy (non-hydrogen) atoms. The van der Waals surface area contributed by atoms with Crippen LogP contribution in [0.25, 0.3) is 16.6 Å². The monoisotopic (exact) mass is 598 g/mol. The van der Waals surface area contributed by atoms with Gasteiger partial charge in [-0.25, -0.2) is 9.07 Å². The van der Waals surface area contributed by atoms with Gasteiger partial charge in [-0.1, -0.05) is 19.4 Å². The van der Waals surface area contributed by atoms with Crippen LogP contribution >= 0.6 is 27.9 Å². The van der Waals surface area contributed by atoms with Crippen molar-refractivity contribution in [3.8, 4) is 23.2 Å². The molecule has 0 saturated heterocycles. The number of rotatable bonds is 11. The Morgan fingerprint density at radius 2 is 1.89 bits per heavy atom. The molecule has 4 aromatic rings. The van der Waals surface area contributed by atoms with Gasteiger partial charge in [-0.05, 0) is 40.0 Å². The smallest absolute Gasteiger partial charge is 0.385 e. The van der Waals surface area contributed by atoms with Crippen molar-refractivity contribution >= 4 is 44.7 Å². The average Bonchev–Trinajstić information content (AvgIpc) is 3.53. The summed E-state index contributed by atoms with van der Waals surface area (Å²) in [6.07, 6.45) is 4.83. The molecule has 15 heteroatoms. The number of hydrogen-bond donors (Lipinski definition) is 5. The van der Waals surface area contributed by atoms with Crippen molar-refractivity contribution in [1.29, 1.82) is 0 Å². The number of fused-ring (bicyclic) bond motifs is 1. The van der Waals surface area contributed by atoms with Crippen LogP contribution in [0, 0.1) is 0 Å². The van der Waals surface area contributed by atoms with Crippen LogP contribution in [-0.4, -0.2) is 66.1 Å². The molecule has 3 aromatic heterocycles. The van der Waals surface area contributed by atoms with Crippen molar-refractivity contribution in [3.05, 3.63) is 41.3 Å². The maximum Gasteiger partial charge on any atom is 0.385 e. The highest BCUT2D eigenvalue weighted by Crippen LogP contribution is 2.41. The van der Waals surface area contributed by atoms with E-state index in [2.05, 4.69) is 40.7 Å². The number of alkyl halides is 1. The van der Waals surface area contributed by atoms with Gasteiger partial charge in [-0.15, -0.1) is 0 Å². The normalized spacial score (nSPS) is 13.4. The molecular formula is C22H24BrFN6O6S. The second-order valence-electron chi connectivity index (χ2n) is 7.74. The number of aliphatic hydroxyl groups is 3. The van der Waals surface area contributed by atoms with Crippen LogP contribution in [0.1, 0.15) is 19.8 Å². The standard InChI is InChI=1S/C22H24BrFN6O6S/c1-4-8-21(24,31)22(32,33)36-17-18(34-2)27-20(28-19(17)35-3)29-37-14-11-25-15-12(14)6-7-13(23)16(15)30-10-5-9-26-30/h5-7,9-11,25,31-33H,4,8H2,1-3H3,(H,27,28,29). The van der Waals surface area contributed by atoms with Gasteiger partial charge in [0.2, 0.25) is 11.7 Å². The van der Waals surface area contributed by atoms with Crippen LogP contribution < -0.4 is 18.9 Å². The molecule has 4 rings (SSSR count). The number of ether oxygens (including phenoxy) is 3. The van der Waals surface area contributed by atoms with Crippen molar-refractivity contribution in [2.75, 3.05) is 18.9 Å². The summed E-state index contributed by atoms with van der Waals surface area (Å²) in [4.78, 5) is 12.3. The van der Waals surface area contributed by atoms with E-state index in [0.29, 0.717) is 0 Å². The minimum atomic E-state index is -3.62. The largest absolute Gasteiger partial charge is 0.478 e. The molecule has 198 valence electrons. The molecule has 1 aromatic carbocycles. The van der Waals surface area contributed by atoms with Crippen LogP contribution in [0.15, 0.2) is 46.2 Å². The SMILES string of the molecule is CCCC(O)(F)C(O)(O)Oc1c(OC)nc(NSc2c[nH]c3c(-n4cccn4)c(Br)ccc23)nc1OC. The molecule has 0 radical (unpaired) electrons. The number of aromatic amines is 1. The lowest BCUT2D eigenvalue weighted by molar-refractivity contribution is -0.412. The van der Waals surface area contributed by atoms with E-state index in [1.807, 2.05) is 24.4 Å². The fraction of sp³-hybridized carbons (Fsp3) is 0.318. The van der Waals surface area contributed by atoms with Crippen molar-refractivity contribution in [2.24, 2.45) is 0 Å². The molecule has 0 bridgehead atoms. The predicted molar refractivity (Wildman–Crippen MR) is 136 cm³/mol. The number of H-pyrrole nitrogens is 1. The van der Waals surface area contributed by atoms with Crippen LogP contribution in [-0.2, 0) is 0 Å². The minimum Gasteiger partial charge on any atom is -0.478 e. The second-order valence-corrected chi connectivity index (χ2v) is 9.44.